The summed E-state index contributed by atoms with van der Waals surface area (Å²) in [5.41, 5.74) is 2.26. The zero-order chi connectivity index (χ0) is 15.5. The van der Waals surface area contributed by atoms with Crippen molar-refractivity contribution in [1.82, 2.24) is 4.90 Å². The van der Waals surface area contributed by atoms with E-state index in [1.54, 1.807) is 25.3 Å². The first-order chi connectivity index (χ1) is 10.7. The molecule has 3 rings (SSSR count). The lowest BCUT2D eigenvalue weighted by molar-refractivity contribution is 0.0233. The monoisotopic (exact) mass is 295 g/mol. The Morgan fingerprint density at radius 1 is 1.18 bits per heavy atom. The van der Waals surface area contributed by atoms with Crippen LogP contribution in [0.1, 0.15) is 27.7 Å². The molecule has 0 aromatic heterocycles. The predicted molar refractivity (Wildman–Crippen MR) is 84.5 cm³/mol. The highest BCUT2D eigenvalue weighted by Gasteiger charge is 2.33. The molecule has 2 aromatic carbocycles. The van der Waals surface area contributed by atoms with Gasteiger partial charge in [-0.3, -0.25) is 4.79 Å². The van der Waals surface area contributed by atoms with Crippen molar-refractivity contribution in [3.8, 4) is 5.75 Å². The third-order valence-electron chi connectivity index (χ3n) is 3.75. The smallest absolute Gasteiger partial charge is 0.256 e. The van der Waals surface area contributed by atoms with Gasteiger partial charge in [0.2, 0.25) is 0 Å². The van der Waals surface area contributed by atoms with Gasteiger partial charge in [0, 0.05) is 17.7 Å². The number of hydrogen-bond donors (Lipinski definition) is 1. The van der Waals surface area contributed by atoms with E-state index >= 15 is 0 Å². The number of ether oxygens (including phenoxy) is 1. The number of carbonyl (C=O) groups excluding carboxylic acids is 1. The van der Waals surface area contributed by atoms with Crippen LogP contribution in [-0.4, -0.2) is 29.6 Å². The summed E-state index contributed by atoms with van der Waals surface area (Å²) < 4.78 is 5.11. The zero-order valence-corrected chi connectivity index (χ0v) is 12.3. The molecule has 1 atom stereocenters. The van der Waals surface area contributed by atoms with Crippen molar-refractivity contribution in [2.75, 3.05) is 13.7 Å². The van der Waals surface area contributed by atoms with Crippen molar-refractivity contribution in [3.05, 3.63) is 71.3 Å². The second-order valence-electron chi connectivity index (χ2n) is 5.09. The summed E-state index contributed by atoms with van der Waals surface area (Å²) >= 11 is 0. The molecule has 1 unspecified atom stereocenters. The van der Waals surface area contributed by atoms with Crippen molar-refractivity contribution in [3.63, 3.8) is 0 Å². The summed E-state index contributed by atoms with van der Waals surface area (Å²) in [7, 11) is 1.63. The first-order valence-electron chi connectivity index (χ1n) is 7.09. The highest BCUT2D eigenvalue weighted by molar-refractivity contribution is 5.99. The molecule has 112 valence electrons. The molecule has 2 aromatic rings. The molecule has 1 aliphatic heterocycles. The number of nitrogens with zero attached hydrogens (tertiary/aromatic N) is 1. The number of methoxy groups -OCH3 is 1. The molecule has 1 aliphatic rings. The van der Waals surface area contributed by atoms with Crippen molar-refractivity contribution in [1.29, 1.82) is 0 Å². The molecule has 1 heterocycles. The number of aliphatic hydroxyl groups is 1. The fraction of sp³-hybridized carbons (Fsp3) is 0.167. The van der Waals surface area contributed by atoms with Crippen molar-refractivity contribution in [2.24, 2.45) is 0 Å². The maximum Gasteiger partial charge on any atom is 0.256 e. The first kappa shape index (κ1) is 14.4. The third-order valence-corrected chi connectivity index (χ3v) is 3.75. The zero-order valence-electron chi connectivity index (χ0n) is 12.3. The molecular weight excluding hydrogens is 278 g/mol. The molecule has 0 bridgehead atoms. The summed E-state index contributed by atoms with van der Waals surface area (Å²) in [6.07, 6.45) is 2.92. The topological polar surface area (TPSA) is 49.8 Å². The first-order valence-corrected chi connectivity index (χ1v) is 7.09. The molecule has 0 saturated heterocycles. The molecule has 1 N–H and O–H groups in total. The van der Waals surface area contributed by atoms with Crippen LogP contribution in [0.15, 0.2) is 54.6 Å². The number of carbonyl (C=O) groups is 1. The fourth-order valence-electron chi connectivity index (χ4n) is 2.55. The second kappa shape index (κ2) is 6.03. The van der Waals surface area contributed by atoms with Gasteiger partial charge in [-0.1, -0.05) is 42.5 Å². The summed E-state index contributed by atoms with van der Waals surface area (Å²) in [6, 6.07) is 14.8. The van der Waals surface area contributed by atoms with Gasteiger partial charge in [-0.2, -0.15) is 0 Å². The Morgan fingerprint density at radius 2 is 1.91 bits per heavy atom. The Bertz CT molecular complexity index is 707. The molecule has 0 spiro atoms. The molecule has 4 heteroatoms. The molecule has 0 saturated carbocycles. The SMILES string of the molecule is COc1ccc(C=CCN2C(=O)c3ccccc3C2O)cc1. The number of aliphatic hydroxyl groups excluding tert-OH is 1. The van der Waals surface area contributed by atoms with Gasteiger partial charge >= 0.3 is 0 Å². The molecule has 4 nitrogen and oxygen atoms in total. The van der Waals surface area contributed by atoms with Crippen LogP contribution in [0.3, 0.4) is 0 Å². The van der Waals surface area contributed by atoms with E-state index in [9.17, 15) is 9.90 Å². The van der Waals surface area contributed by atoms with Crippen LogP contribution in [0.4, 0.5) is 0 Å². The van der Waals surface area contributed by atoms with Crippen LogP contribution >= 0.6 is 0 Å². The van der Waals surface area contributed by atoms with E-state index in [0.717, 1.165) is 11.3 Å². The minimum Gasteiger partial charge on any atom is -0.497 e. The van der Waals surface area contributed by atoms with E-state index in [4.69, 9.17) is 4.74 Å². The van der Waals surface area contributed by atoms with E-state index in [1.165, 1.54) is 4.90 Å². The van der Waals surface area contributed by atoms with Gasteiger partial charge in [-0.25, -0.2) is 0 Å². The third kappa shape index (κ3) is 2.61. The van der Waals surface area contributed by atoms with Crippen LogP contribution < -0.4 is 4.74 Å². The number of amides is 1. The Morgan fingerprint density at radius 3 is 2.59 bits per heavy atom. The standard InChI is InChI=1S/C18H17NO3/c1-22-14-10-8-13(9-11-14)5-4-12-19-17(20)15-6-2-3-7-16(15)18(19)21/h2-11,17,20H,12H2,1H3. The molecular formula is C18H17NO3. The lowest BCUT2D eigenvalue weighted by Crippen LogP contribution is -2.27. The minimum absolute atomic E-state index is 0.137. The van der Waals surface area contributed by atoms with Gasteiger partial charge in [0.25, 0.3) is 5.91 Å². The van der Waals surface area contributed by atoms with Crippen LogP contribution in [0, 0.1) is 0 Å². The van der Waals surface area contributed by atoms with Gasteiger partial charge in [0.1, 0.15) is 5.75 Å². The Labute approximate surface area is 129 Å². The fourth-order valence-corrected chi connectivity index (χ4v) is 2.55. The summed E-state index contributed by atoms with van der Waals surface area (Å²) in [6.45, 7) is 0.362. The second-order valence-corrected chi connectivity index (χ2v) is 5.09. The van der Waals surface area contributed by atoms with Gasteiger partial charge in [0.15, 0.2) is 6.23 Å². The summed E-state index contributed by atoms with van der Waals surface area (Å²) in [4.78, 5) is 13.7. The van der Waals surface area contributed by atoms with Crippen LogP contribution in [0.25, 0.3) is 6.08 Å². The molecule has 1 amide bonds. The highest BCUT2D eigenvalue weighted by atomic mass is 16.5. The molecule has 0 aliphatic carbocycles. The lowest BCUT2D eigenvalue weighted by atomic mass is 10.1. The van der Waals surface area contributed by atoms with Gasteiger partial charge in [-0.15, -0.1) is 0 Å². The van der Waals surface area contributed by atoms with Crippen LogP contribution in [0.2, 0.25) is 0 Å². The largest absolute Gasteiger partial charge is 0.497 e. The quantitative estimate of drug-likeness (QED) is 0.943. The van der Waals surface area contributed by atoms with Crippen molar-refractivity contribution >= 4 is 12.0 Å². The molecule has 22 heavy (non-hydrogen) atoms. The highest BCUT2D eigenvalue weighted by Crippen LogP contribution is 2.31. The number of rotatable bonds is 4. The summed E-state index contributed by atoms with van der Waals surface area (Å²) in [5, 5.41) is 10.2. The van der Waals surface area contributed by atoms with Crippen molar-refractivity contribution in [2.45, 2.75) is 6.23 Å². The normalized spacial score (nSPS) is 17.1. The predicted octanol–water partition coefficient (Wildman–Crippen LogP) is 2.86. The van der Waals surface area contributed by atoms with Gasteiger partial charge < -0.3 is 14.7 Å². The minimum atomic E-state index is -0.871. The maximum atomic E-state index is 12.2. The molecule has 0 radical (unpaired) electrons. The van der Waals surface area contributed by atoms with Gasteiger partial charge in [-0.05, 0) is 23.8 Å². The Kier molecular flexibility index (Phi) is 3.94. The number of fused-ring (bicyclic) bond motifs is 1. The van der Waals surface area contributed by atoms with E-state index < -0.39 is 6.23 Å². The Balaban J connectivity index is 1.69. The number of hydrogen-bond acceptors (Lipinski definition) is 3. The average molecular weight is 295 g/mol. The van der Waals surface area contributed by atoms with E-state index in [1.807, 2.05) is 42.5 Å². The molecule has 0 fully saturated rings. The van der Waals surface area contributed by atoms with E-state index in [0.29, 0.717) is 17.7 Å². The maximum absolute atomic E-state index is 12.2. The summed E-state index contributed by atoms with van der Waals surface area (Å²) in [5.74, 6) is 0.667. The Hall–Kier alpha value is -2.59. The van der Waals surface area contributed by atoms with E-state index in [2.05, 4.69) is 0 Å². The lowest BCUT2D eigenvalue weighted by Gasteiger charge is -2.18. The van der Waals surface area contributed by atoms with E-state index in [-0.39, 0.29) is 5.91 Å². The average Bonchev–Trinajstić information content (AvgIpc) is 2.81. The van der Waals surface area contributed by atoms with Gasteiger partial charge in [0.05, 0.1) is 7.11 Å². The van der Waals surface area contributed by atoms with Crippen LogP contribution in [0.5, 0.6) is 5.75 Å². The van der Waals surface area contributed by atoms with Crippen LogP contribution in [-0.2, 0) is 0 Å². The van der Waals surface area contributed by atoms with Crippen molar-refractivity contribution < 1.29 is 14.6 Å². The number of benzene rings is 2.